The number of rotatable bonds is 8. The van der Waals surface area contributed by atoms with Crippen molar-refractivity contribution in [2.24, 2.45) is 0 Å². The largest absolute Gasteiger partial charge is 0.497 e. The second kappa shape index (κ2) is 9.31. The number of anilines is 1. The van der Waals surface area contributed by atoms with Crippen LogP contribution in [0.5, 0.6) is 5.75 Å². The number of hydrogen-bond acceptors (Lipinski definition) is 4. The lowest BCUT2D eigenvalue weighted by Crippen LogP contribution is -2.48. The van der Waals surface area contributed by atoms with Crippen LogP contribution < -0.4 is 14.4 Å². The average Bonchev–Trinajstić information content (AvgIpc) is 2.67. The summed E-state index contributed by atoms with van der Waals surface area (Å²) in [6.07, 6.45) is 1.80. The van der Waals surface area contributed by atoms with Crippen molar-refractivity contribution in [1.82, 2.24) is 5.32 Å². The summed E-state index contributed by atoms with van der Waals surface area (Å²) in [5.41, 5.74) is 3.18. The summed E-state index contributed by atoms with van der Waals surface area (Å²) in [7, 11) is -2.06. The van der Waals surface area contributed by atoms with Gasteiger partial charge in [0.05, 0.1) is 25.1 Å². The lowest BCUT2D eigenvalue weighted by molar-refractivity contribution is -0.122. The molecule has 158 valence electrons. The minimum atomic E-state index is -3.66. The molecule has 0 radical (unpaired) electrons. The molecular formula is C22H30N2O4S. The van der Waals surface area contributed by atoms with Crippen molar-refractivity contribution in [2.45, 2.75) is 46.2 Å². The number of sulfonamides is 1. The zero-order valence-electron chi connectivity index (χ0n) is 17.9. The molecule has 1 N–H and O–H groups in total. The number of hydrogen-bond donors (Lipinski definition) is 1. The summed E-state index contributed by atoms with van der Waals surface area (Å²) in [6.45, 7) is 7.31. The van der Waals surface area contributed by atoms with E-state index < -0.39 is 16.1 Å². The molecule has 29 heavy (non-hydrogen) atoms. The molecule has 2 aromatic carbocycles. The highest BCUT2D eigenvalue weighted by molar-refractivity contribution is 7.92. The van der Waals surface area contributed by atoms with E-state index in [1.807, 2.05) is 57.2 Å². The van der Waals surface area contributed by atoms with Crippen molar-refractivity contribution in [3.8, 4) is 5.75 Å². The van der Waals surface area contributed by atoms with Crippen molar-refractivity contribution in [1.29, 1.82) is 0 Å². The van der Waals surface area contributed by atoms with Crippen LogP contribution in [0.2, 0.25) is 0 Å². The van der Waals surface area contributed by atoms with Gasteiger partial charge in [-0.05, 0) is 62.1 Å². The monoisotopic (exact) mass is 418 g/mol. The van der Waals surface area contributed by atoms with Crippen molar-refractivity contribution in [3.05, 3.63) is 59.2 Å². The van der Waals surface area contributed by atoms with E-state index in [-0.39, 0.29) is 11.9 Å². The zero-order chi connectivity index (χ0) is 21.8. The molecule has 0 fully saturated rings. The molecule has 0 saturated heterocycles. The minimum absolute atomic E-state index is 0.226. The van der Waals surface area contributed by atoms with Crippen LogP contribution in [-0.2, 0) is 14.8 Å². The van der Waals surface area contributed by atoms with E-state index in [0.717, 1.165) is 28.7 Å². The number of carbonyl (C=O) groups is 1. The molecular weight excluding hydrogens is 388 g/mol. The van der Waals surface area contributed by atoms with Gasteiger partial charge < -0.3 is 10.1 Å². The number of aryl methyl sites for hydroxylation is 2. The maximum absolute atomic E-state index is 13.0. The second-order valence-corrected chi connectivity index (χ2v) is 9.13. The highest BCUT2D eigenvalue weighted by Gasteiger charge is 2.31. The summed E-state index contributed by atoms with van der Waals surface area (Å²) in [5, 5.41) is 2.99. The van der Waals surface area contributed by atoms with Gasteiger partial charge in [0.25, 0.3) is 0 Å². The van der Waals surface area contributed by atoms with E-state index in [2.05, 4.69) is 5.32 Å². The molecule has 0 aromatic heterocycles. The number of nitrogens with zero attached hydrogens (tertiary/aromatic N) is 1. The second-order valence-electron chi connectivity index (χ2n) is 7.27. The number of carbonyl (C=O) groups excluding carboxylic acids is 1. The van der Waals surface area contributed by atoms with Gasteiger partial charge >= 0.3 is 0 Å². The molecule has 2 rings (SSSR count). The Balaban J connectivity index is 2.31. The zero-order valence-corrected chi connectivity index (χ0v) is 18.7. The molecule has 0 aliphatic heterocycles. The van der Waals surface area contributed by atoms with Gasteiger partial charge in [-0.3, -0.25) is 9.10 Å². The number of methoxy groups -OCH3 is 1. The van der Waals surface area contributed by atoms with Crippen LogP contribution in [0.25, 0.3) is 0 Å². The SMILES string of the molecule is CC[C@H](NC(=O)[C@@H](C)N(c1cc(C)ccc1C)S(C)(=O)=O)c1ccc(OC)cc1. The maximum Gasteiger partial charge on any atom is 0.244 e. The van der Waals surface area contributed by atoms with E-state index in [4.69, 9.17) is 4.74 Å². The lowest BCUT2D eigenvalue weighted by atomic mass is 10.0. The molecule has 2 atom stereocenters. The third-order valence-electron chi connectivity index (χ3n) is 4.93. The van der Waals surface area contributed by atoms with E-state index in [1.165, 1.54) is 4.31 Å². The van der Waals surface area contributed by atoms with E-state index in [0.29, 0.717) is 12.1 Å². The highest BCUT2D eigenvalue weighted by Crippen LogP contribution is 2.27. The van der Waals surface area contributed by atoms with Crippen LogP contribution in [0.15, 0.2) is 42.5 Å². The molecule has 0 heterocycles. The van der Waals surface area contributed by atoms with Crippen LogP contribution in [0.3, 0.4) is 0 Å². The Hall–Kier alpha value is -2.54. The van der Waals surface area contributed by atoms with Gasteiger partial charge in [0.1, 0.15) is 11.8 Å². The van der Waals surface area contributed by atoms with Crippen LogP contribution in [-0.4, -0.2) is 33.7 Å². The fourth-order valence-corrected chi connectivity index (χ4v) is 4.51. The first-order valence-electron chi connectivity index (χ1n) is 9.59. The predicted molar refractivity (Wildman–Crippen MR) is 117 cm³/mol. The maximum atomic E-state index is 13.0. The third kappa shape index (κ3) is 5.50. The molecule has 0 unspecified atom stereocenters. The molecule has 0 saturated carbocycles. The fourth-order valence-electron chi connectivity index (χ4n) is 3.29. The number of ether oxygens (including phenoxy) is 1. The smallest absolute Gasteiger partial charge is 0.244 e. The number of benzene rings is 2. The quantitative estimate of drug-likeness (QED) is 0.709. The van der Waals surface area contributed by atoms with Gasteiger partial charge in [0.15, 0.2) is 0 Å². The van der Waals surface area contributed by atoms with Gasteiger partial charge in [-0.2, -0.15) is 0 Å². The summed E-state index contributed by atoms with van der Waals surface area (Å²) in [5.74, 6) is 0.389. The van der Waals surface area contributed by atoms with Gasteiger partial charge in [-0.1, -0.05) is 31.2 Å². The van der Waals surface area contributed by atoms with Gasteiger partial charge in [-0.15, -0.1) is 0 Å². The number of amides is 1. The molecule has 6 nitrogen and oxygen atoms in total. The standard InChI is InChI=1S/C22H30N2O4S/c1-7-20(18-10-12-19(28-5)13-11-18)23-22(25)17(4)24(29(6,26)27)21-14-15(2)8-9-16(21)3/h8-14,17,20H,7H2,1-6H3,(H,23,25)/t17-,20+/m1/s1. The van der Waals surface area contributed by atoms with Crippen molar-refractivity contribution >= 4 is 21.6 Å². The summed E-state index contributed by atoms with van der Waals surface area (Å²) >= 11 is 0. The Morgan fingerprint density at radius 3 is 2.28 bits per heavy atom. The van der Waals surface area contributed by atoms with Crippen LogP contribution in [0.4, 0.5) is 5.69 Å². The third-order valence-corrected chi connectivity index (χ3v) is 6.16. The molecule has 0 aliphatic rings. The Morgan fingerprint density at radius 2 is 1.76 bits per heavy atom. The van der Waals surface area contributed by atoms with Gasteiger partial charge in [0.2, 0.25) is 15.9 Å². The Morgan fingerprint density at radius 1 is 1.14 bits per heavy atom. The first-order chi connectivity index (χ1) is 13.6. The van der Waals surface area contributed by atoms with E-state index in [1.54, 1.807) is 20.1 Å². The van der Waals surface area contributed by atoms with Crippen molar-refractivity contribution in [3.63, 3.8) is 0 Å². The lowest BCUT2D eigenvalue weighted by Gasteiger charge is -2.31. The Labute approximate surface area is 173 Å². The number of nitrogens with one attached hydrogen (secondary N) is 1. The topological polar surface area (TPSA) is 75.7 Å². The first kappa shape index (κ1) is 22.7. The summed E-state index contributed by atoms with van der Waals surface area (Å²) < 4.78 is 31.5. The summed E-state index contributed by atoms with van der Waals surface area (Å²) in [6, 6.07) is 11.9. The Bertz CT molecular complexity index is 955. The fraction of sp³-hybridized carbons (Fsp3) is 0.409. The molecule has 7 heteroatoms. The normalized spacial score (nSPS) is 13.4. The van der Waals surface area contributed by atoms with Crippen LogP contribution in [0, 0.1) is 13.8 Å². The first-order valence-corrected chi connectivity index (χ1v) is 11.4. The van der Waals surface area contributed by atoms with E-state index in [9.17, 15) is 13.2 Å². The summed E-state index contributed by atoms with van der Waals surface area (Å²) in [4.78, 5) is 13.0. The average molecular weight is 419 g/mol. The van der Waals surface area contributed by atoms with Gasteiger partial charge in [0, 0.05) is 0 Å². The molecule has 2 aromatic rings. The van der Waals surface area contributed by atoms with Crippen molar-refractivity contribution in [2.75, 3.05) is 17.7 Å². The predicted octanol–water partition coefficient (Wildman–Crippen LogP) is 3.73. The highest BCUT2D eigenvalue weighted by atomic mass is 32.2. The minimum Gasteiger partial charge on any atom is -0.497 e. The van der Waals surface area contributed by atoms with Crippen molar-refractivity contribution < 1.29 is 17.9 Å². The van der Waals surface area contributed by atoms with Gasteiger partial charge in [-0.25, -0.2) is 8.42 Å². The van der Waals surface area contributed by atoms with E-state index >= 15 is 0 Å². The van der Waals surface area contributed by atoms with Crippen LogP contribution in [0.1, 0.15) is 43.0 Å². The molecule has 0 aliphatic carbocycles. The molecule has 0 bridgehead atoms. The molecule has 0 spiro atoms. The molecule has 1 amide bonds. The van der Waals surface area contributed by atoms with Crippen LogP contribution >= 0.6 is 0 Å². The Kier molecular flexibility index (Phi) is 7.30.